The van der Waals surface area contributed by atoms with Gasteiger partial charge in [0.15, 0.2) is 6.71 Å². The number of halogens is 1. The average molecular weight is 406 g/mol. The molecule has 30 heavy (non-hydrogen) atoms. The summed E-state index contributed by atoms with van der Waals surface area (Å²) in [5.74, 6) is 0.248. The summed E-state index contributed by atoms with van der Waals surface area (Å²) in [6.45, 7) is 5.70. The van der Waals surface area contributed by atoms with Gasteiger partial charge in [-0.2, -0.15) is 0 Å². The zero-order chi connectivity index (χ0) is 21.2. The summed E-state index contributed by atoms with van der Waals surface area (Å²) < 4.78 is 32.0. The van der Waals surface area contributed by atoms with E-state index in [2.05, 4.69) is 0 Å². The maximum Gasteiger partial charge on any atom is 0.173 e. The highest BCUT2D eigenvalue weighted by atomic mass is 19.1. The van der Waals surface area contributed by atoms with Crippen LogP contribution in [0.5, 0.6) is 5.75 Å². The lowest BCUT2D eigenvalue weighted by Gasteiger charge is -2.19. The largest absolute Gasteiger partial charge is 0.491 e. The van der Waals surface area contributed by atoms with E-state index < -0.39 is 0 Å². The Hall–Kier alpha value is -2.63. The summed E-state index contributed by atoms with van der Waals surface area (Å²) in [6.07, 6.45) is -0.276. The zero-order valence-corrected chi connectivity index (χ0v) is 17.6. The van der Waals surface area contributed by atoms with Gasteiger partial charge in [-0.25, -0.2) is 4.39 Å². The van der Waals surface area contributed by atoms with Gasteiger partial charge in [-0.1, -0.05) is 80.4 Å². The van der Waals surface area contributed by atoms with Crippen molar-refractivity contribution in [2.45, 2.75) is 33.0 Å². The fourth-order valence-electron chi connectivity index (χ4n) is 3.07. The van der Waals surface area contributed by atoms with Crippen molar-refractivity contribution < 1.29 is 18.6 Å². The third kappa shape index (κ3) is 7.01. The van der Waals surface area contributed by atoms with E-state index in [0.29, 0.717) is 31.0 Å². The topological polar surface area (TPSA) is 27.7 Å². The SMILES string of the molecule is CB(C)c1ccc(OC[C@@H](COCc2ccccc2)OCc2ccccc2)cc1F. The number of rotatable bonds is 11. The molecular weight excluding hydrogens is 378 g/mol. The van der Waals surface area contributed by atoms with Crippen molar-refractivity contribution in [2.24, 2.45) is 0 Å². The van der Waals surface area contributed by atoms with Crippen molar-refractivity contribution in [2.75, 3.05) is 13.2 Å². The van der Waals surface area contributed by atoms with E-state index in [1.54, 1.807) is 12.1 Å². The molecule has 0 heterocycles. The van der Waals surface area contributed by atoms with Gasteiger partial charge in [0.25, 0.3) is 0 Å². The van der Waals surface area contributed by atoms with E-state index in [-0.39, 0.29) is 25.2 Å². The molecular formula is C25H28BFO3. The summed E-state index contributed by atoms with van der Waals surface area (Å²) in [7, 11) is 0. The van der Waals surface area contributed by atoms with E-state index in [4.69, 9.17) is 14.2 Å². The van der Waals surface area contributed by atoms with Crippen LogP contribution in [0.1, 0.15) is 11.1 Å². The summed E-state index contributed by atoms with van der Waals surface area (Å²) in [5, 5.41) is 0. The van der Waals surface area contributed by atoms with E-state index in [0.717, 1.165) is 11.1 Å². The fourth-order valence-corrected chi connectivity index (χ4v) is 3.07. The predicted octanol–water partition coefficient (Wildman–Crippen LogP) is 4.97. The number of hydrogen-bond acceptors (Lipinski definition) is 3. The molecule has 3 aromatic rings. The highest BCUT2D eigenvalue weighted by Gasteiger charge is 2.14. The number of ether oxygens (including phenoxy) is 3. The first-order valence-electron chi connectivity index (χ1n) is 10.3. The molecule has 3 aromatic carbocycles. The van der Waals surface area contributed by atoms with Gasteiger partial charge in [0.1, 0.15) is 24.3 Å². The minimum atomic E-state index is -0.276. The molecule has 0 spiro atoms. The standard InChI is InChI=1S/C25H28BFO3/c1-26(2)24-14-13-22(15-25(24)27)30-19-23(29-17-21-11-7-4-8-12-21)18-28-16-20-9-5-3-6-10-20/h3-15,23H,16-19H2,1-2H3/t23-/m1/s1. The molecule has 0 unspecified atom stereocenters. The van der Waals surface area contributed by atoms with Crippen molar-refractivity contribution in [1.82, 2.24) is 0 Å². The number of hydrogen-bond donors (Lipinski definition) is 0. The van der Waals surface area contributed by atoms with Crippen LogP contribution in [-0.2, 0) is 22.7 Å². The molecule has 5 heteroatoms. The quantitative estimate of drug-likeness (QED) is 0.421. The molecule has 0 saturated carbocycles. The lowest BCUT2D eigenvalue weighted by atomic mass is 9.49. The van der Waals surface area contributed by atoms with Crippen LogP contribution in [0.2, 0.25) is 13.6 Å². The second kappa shape index (κ2) is 11.5. The Kier molecular flexibility index (Phi) is 8.48. The van der Waals surface area contributed by atoms with Gasteiger partial charge in [-0.05, 0) is 22.7 Å². The first-order valence-corrected chi connectivity index (χ1v) is 10.3. The molecule has 0 amide bonds. The molecule has 3 rings (SSSR count). The van der Waals surface area contributed by atoms with E-state index >= 15 is 0 Å². The normalized spacial score (nSPS) is 11.8. The summed E-state index contributed by atoms with van der Waals surface area (Å²) >= 11 is 0. The second-order valence-corrected chi connectivity index (χ2v) is 7.57. The molecule has 0 aliphatic carbocycles. The van der Waals surface area contributed by atoms with Crippen LogP contribution in [0.15, 0.2) is 78.9 Å². The molecule has 0 radical (unpaired) electrons. The van der Waals surface area contributed by atoms with Crippen LogP contribution in [0, 0.1) is 5.82 Å². The molecule has 0 saturated heterocycles. The van der Waals surface area contributed by atoms with Crippen LogP contribution < -0.4 is 10.2 Å². The van der Waals surface area contributed by atoms with E-state index in [1.807, 2.05) is 74.3 Å². The maximum absolute atomic E-state index is 14.2. The molecule has 3 nitrogen and oxygen atoms in total. The Labute approximate surface area is 178 Å². The Morgan fingerprint density at radius 2 is 1.43 bits per heavy atom. The van der Waals surface area contributed by atoms with E-state index in [9.17, 15) is 4.39 Å². The van der Waals surface area contributed by atoms with Gasteiger partial charge in [0.2, 0.25) is 0 Å². The van der Waals surface area contributed by atoms with Crippen LogP contribution in [-0.4, -0.2) is 26.0 Å². The third-order valence-corrected chi connectivity index (χ3v) is 4.77. The monoisotopic (exact) mass is 406 g/mol. The summed E-state index contributed by atoms with van der Waals surface area (Å²) in [6, 6.07) is 25.0. The molecule has 0 fully saturated rings. The fraction of sp³-hybridized carbons (Fsp3) is 0.280. The summed E-state index contributed by atoms with van der Waals surface area (Å²) in [4.78, 5) is 0. The van der Waals surface area contributed by atoms with Gasteiger partial charge in [-0.15, -0.1) is 0 Å². The van der Waals surface area contributed by atoms with Crippen molar-refractivity contribution in [3.8, 4) is 5.75 Å². The zero-order valence-electron chi connectivity index (χ0n) is 17.6. The van der Waals surface area contributed by atoms with Crippen LogP contribution >= 0.6 is 0 Å². The number of benzene rings is 3. The molecule has 156 valence electrons. The van der Waals surface area contributed by atoms with Gasteiger partial charge >= 0.3 is 0 Å². The smallest absolute Gasteiger partial charge is 0.173 e. The molecule has 0 aromatic heterocycles. The third-order valence-electron chi connectivity index (χ3n) is 4.77. The predicted molar refractivity (Wildman–Crippen MR) is 120 cm³/mol. The van der Waals surface area contributed by atoms with Gasteiger partial charge in [0, 0.05) is 6.07 Å². The first kappa shape index (κ1) is 22.1. The molecule has 0 N–H and O–H groups in total. The van der Waals surface area contributed by atoms with Gasteiger partial charge < -0.3 is 14.2 Å². The van der Waals surface area contributed by atoms with Crippen molar-refractivity contribution >= 4 is 12.2 Å². The van der Waals surface area contributed by atoms with Crippen molar-refractivity contribution in [1.29, 1.82) is 0 Å². The summed E-state index contributed by atoms with van der Waals surface area (Å²) in [5.41, 5.74) is 2.87. The second-order valence-electron chi connectivity index (χ2n) is 7.57. The minimum absolute atomic E-state index is 0.132. The lowest BCUT2D eigenvalue weighted by molar-refractivity contribution is -0.0489. The van der Waals surface area contributed by atoms with Crippen LogP contribution in [0.25, 0.3) is 0 Å². The highest BCUT2D eigenvalue weighted by Crippen LogP contribution is 2.14. The van der Waals surface area contributed by atoms with Gasteiger partial charge in [-0.3, -0.25) is 0 Å². The lowest BCUT2D eigenvalue weighted by Crippen LogP contribution is -2.28. The van der Waals surface area contributed by atoms with Crippen LogP contribution in [0.3, 0.4) is 0 Å². The van der Waals surface area contributed by atoms with Crippen molar-refractivity contribution in [3.05, 3.63) is 95.8 Å². The van der Waals surface area contributed by atoms with Crippen LogP contribution in [0.4, 0.5) is 4.39 Å². The average Bonchev–Trinajstić information content (AvgIpc) is 2.76. The molecule has 1 atom stereocenters. The first-order chi connectivity index (χ1) is 14.6. The van der Waals surface area contributed by atoms with Crippen molar-refractivity contribution in [3.63, 3.8) is 0 Å². The van der Waals surface area contributed by atoms with Gasteiger partial charge in [0.05, 0.1) is 19.8 Å². The van der Waals surface area contributed by atoms with E-state index in [1.165, 1.54) is 6.07 Å². The Morgan fingerprint density at radius 3 is 2.03 bits per heavy atom. The highest BCUT2D eigenvalue weighted by molar-refractivity contribution is 6.70. The Morgan fingerprint density at radius 1 is 0.800 bits per heavy atom. The Balaban J connectivity index is 1.57. The minimum Gasteiger partial charge on any atom is -0.491 e. The Bertz CT molecular complexity index is 887. The maximum atomic E-state index is 14.2. The molecule has 0 bridgehead atoms. The molecule has 0 aliphatic heterocycles. The molecule has 0 aliphatic rings.